The molecule has 2 aromatic carbocycles. The Morgan fingerprint density at radius 2 is 1.95 bits per heavy atom. The molecule has 12 nitrogen and oxygen atoms in total. The summed E-state index contributed by atoms with van der Waals surface area (Å²) in [5.74, 6) is -4.16. The molecule has 2 aromatic heterocycles. The van der Waals surface area contributed by atoms with Gasteiger partial charge in [-0.15, -0.1) is 0 Å². The molecule has 0 spiro atoms. The van der Waals surface area contributed by atoms with Crippen molar-refractivity contribution in [2.45, 2.75) is 61.4 Å². The zero-order valence-electron chi connectivity index (χ0n) is 23.4. The molecule has 1 saturated heterocycles. The van der Waals surface area contributed by atoms with Gasteiger partial charge in [0.1, 0.15) is 16.2 Å². The van der Waals surface area contributed by atoms with Crippen LogP contribution in [0.3, 0.4) is 0 Å². The number of aliphatic hydroxyl groups is 3. The lowest BCUT2D eigenvalue weighted by Gasteiger charge is -2.43. The van der Waals surface area contributed by atoms with E-state index < -0.39 is 37.5 Å². The van der Waals surface area contributed by atoms with Crippen LogP contribution in [0.15, 0.2) is 45.8 Å². The highest BCUT2D eigenvalue weighted by Crippen LogP contribution is 2.50. The van der Waals surface area contributed by atoms with E-state index in [1.165, 1.54) is 51.3 Å². The lowest BCUT2D eigenvalue weighted by atomic mass is 10.1. The van der Waals surface area contributed by atoms with Gasteiger partial charge in [-0.1, -0.05) is 24.3 Å². The number of phenols is 1. The highest BCUT2D eigenvalue weighted by Gasteiger charge is 2.68. The van der Waals surface area contributed by atoms with Crippen LogP contribution in [0.25, 0.3) is 23.3 Å². The fraction of sp³-hybridized carbons (Fsp3) is 0.379. The molecule has 43 heavy (non-hydrogen) atoms. The average Bonchev–Trinajstić information content (AvgIpc) is 3.63. The van der Waals surface area contributed by atoms with Crippen molar-refractivity contribution in [3.05, 3.63) is 52.9 Å². The van der Waals surface area contributed by atoms with Crippen molar-refractivity contribution >= 4 is 49.6 Å². The Morgan fingerprint density at radius 3 is 2.70 bits per heavy atom. The molecule has 0 radical (unpaired) electrons. The van der Waals surface area contributed by atoms with Gasteiger partial charge in [0.2, 0.25) is 5.89 Å². The van der Waals surface area contributed by atoms with E-state index in [1.807, 2.05) is 12.3 Å². The lowest BCUT2D eigenvalue weighted by molar-refractivity contribution is -0.334. The Bertz CT molecular complexity index is 1810. The second-order valence-corrected chi connectivity index (χ2v) is 13.6. The molecule has 4 N–H and O–H groups in total. The highest BCUT2D eigenvalue weighted by molar-refractivity contribution is 7.92. The maximum absolute atomic E-state index is 13.2. The number of aryl methyl sites for hydroxylation is 1. The number of sulfone groups is 1. The van der Waals surface area contributed by atoms with Crippen molar-refractivity contribution in [3.63, 3.8) is 0 Å². The smallest absolute Gasteiger partial charge is 0.376 e. The molecule has 1 fully saturated rings. The zero-order chi connectivity index (χ0) is 30.6. The molecule has 2 aliphatic heterocycles. The van der Waals surface area contributed by atoms with Crippen LogP contribution in [-0.4, -0.2) is 68.9 Å². The fourth-order valence-electron chi connectivity index (χ4n) is 5.24. The first-order valence-electron chi connectivity index (χ1n) is 13.8. The number of aromatic hydroxyl groups is 1. The standard InChI is InChI=1S/C29H31N3O9S2/c1-3-23(28(34,35)29(36)41-26-17(2)7-11-22(25(26)33)43(29,37)38)39-18-8-10-20-21(15-18)40-24(31-20)12-9-19-16-30-27(42-19)32-13-5-4-6-14-32/h7-12,15-16,23,33-36H,3-6,13-14H2,1-2H3/b12-9+. The second kappa shape index (κ2) is 10.8. The van der Waals surface area contributed by atoms with Crippen LogP contribution in [-0.2, 0) is 9.84 Å². The van der Waals surface area contributed by atoms with Gasteiger partial charge in [0, 0.05) is 36.3 Å². The van der Waals surface area contributed by atoms with E-state index in [0.717, 1.165) is 29.2 Å². The van der Waals surface area contributed by atoms with Gasteiger partial charge in [0.15, 0.2) is 28.3 Å². The summed E-state index contributed by atoms with van der Waals surface area (Å²) in [7, 11) is -5.02. The monoisotopic (exact) mass is 629 g/mol. The summed E-state index contributed by atoms with van der Waals surface area (Å²) in [6.45, 7) is 5.04. The number of nitrogens with zero attached hydrogens (tertiary/aromatic N) is 3. The number of fused-ring (bicyclic) bond motifs is 3. The normalized spacial score (nSPS) is 20.8. The molecular formula is C29H31N3O9S2. The third-order valence-electron chi connectivity index (χ3n) is 7.65. The van der Waals surface area contributed by atoms with Gasteiger partial charge in [-0.3, -0.25) is 0 Å². The van der Waals surface area contributed by atoms with E-state index in [0.29, 0.717) is 17.0 Å². The Balaban J connectivity index is 1.22. The number of phenolic OH excluding ortho intramolecular Hbond substituents is 1. The predicted octanol–water partition coefficient (Wildman–Crippen LogP) is 3.81. The SMILES string of the molecule is CCC(Oc1ccc2nc(/C=C/c3cnc(N4CCCCC4)s3)oc2c1)C(O)(O)C1(O)Oc2c(C)ccc(c2O)S1(=O)=O. The molecule has 0 aliphatic carbocycles. The van der Waals surface area contributed by atoms with E-state index in [2.05, 4.69) is 14.9 Å². The second-order valence-electron chi connectivity index (χ2n) is 10.6. The first kappa shape index (κ1) is 29.4. The largest absolute Gasteiger partial charge is 0.503 e. The summed E-state index contributed by atoms with van der Waals surface area (Å²) in [4.78, 5) is 11.5. The Labute approximate surface area is 251 Å². The molecule has 4 aromatic rings. The van der Waals surface area contributed by atoms with E-state index >= 15 is 0 Å². The highest BCUT2D eigenvalue weighted by atomic mass is 32.2. The molecule has 2 atom stereocenters. The van der Waals surface area contributed by atoms with E-state index in [1.54, 1.807) is 23.5 Å². The molecular weight excluding hydrogens is 598 g/mol. The minimum atomic E-state index is -5.02. The van der Waals surface area contributed by atoms with Crippen molar-refractivity contribution in [2.75, 3.05) is 18.0 Å². The number of ether oxygens (including phenoxy) is 2. The minimum Gasteiger partial charge on any atom is -0.503 e. The number of benzene rings is 2. The predicted molar refractivity (Wildman–Crippen MR) is 159 cm³/mol. The number of hydrogen-bond acceptors (Lipinski definition) is 13. The van der Waals surface area contributed by atoms with E-state index in [4.69, 9.17) is 13.9 Å². The van der Waals surface area contributed by atoms with Crippen LogP contribution in [0.4, 0.5) is 5.13 Å². The summed E-state index contributed by atoms with van der Waals surface area (Å²) in [6, 6.07) is 7.00. The van der Waals surface area contributed by atoms with Crippen molar-refractivity contribution in [1.29, 1.82) is 0 Å². The van der Waals surface area contributed by atoms with Gasteiger partial charge >= 0.3 is 5.12 Å². The summed E-state index contributed by atoms with van der Waals surface area (Å²) in [5, 5.41) is 41.2. The number of aromatic nitrogens is 2. The number of hydrogen-bond donors (Lipinski definition) is 4. The Morgan fingerprint density at radius 1 is 1.19 bits per heavy atom. The van der Waals surface area contributed by atoms with Gasteiger partial charge in [-0.05, 0) is 62.4 Å². The molecule has 0 amide bonds. The van der Waals surface area contributed by atoms with Crippen LogP contribution in [0.1, 0.15) is 48.9 Å². The summed E-state index contributed by atoms with van der Waals surface area (Å²) in [6.07, 6.45) is 7.14. The third-order valence-corrected chi connectivity index (χ3v) is 10.7. The maximum Gasteiger partial charge on any atom is 0.376 e. The number of oxazole rings is 1. The Kier molecular flexibility index (Phi) is 7.37. The molecule has 0 saturated carbocycles. The van der Waals surface area contributed by atoms with Crippen molar-refractivity contribution in [2.24, 2.45) is 0 Å². The minimum absolute atomic E-state index is 0.0986. The first-order valence-corrected chi connectivity index (χ1v) is 16.1. The van der Waals surface area contributed by atoms with Crippen LogP contribution < -0.4 is 14.4 Å². The molecule has 2 bridgehead atoms. The quantitative estimate of drug-likeness (QED) is 0.208. The molecule has 2 unspecified atom stereocenters. The third kappa shape index (κ3) is 4.92. The van der Waals surface area contributed by atoms with Crippen molar-refractivity contribution in [3.8, 4) is 17.2 Å². The number of anilines is 1. The maximum atomic E-state index is 13.2. The number of rotatable bonds is 8. The van der Waals surface area contributed by atoms with Gasteiger partial charge in [0.25, 0.3) is 15.6 Å². The molecule has 6 rings (SSSR count). The molecule has 228 valence electrons. The van der Waals surface area contributed by atoms with Gasteiger partial charge in [-0.2, -0.15) is 0 Å². The summed E-state index contributed by atoms with van der Waals surface area (Å²) < 4.78 is 43.3. The number of piperidine rings is 1. The average molecular weight is 630 g/mol. The van der Waals surface area contributed by atoms with Gasteiger partial charge in [0.05, 0.1) is 0 Å². The number of thiazole rings is 1. The van der Waals surface area contributed by atoms with Crippen LogP contribution >= 0.6 is 11.3 Å². The van der Waals surface area contributed by atoms with E-state index in [9.17, 15) is 28.8 Å². The molecule has 2 aliphatic rings. The fourth-order valence-corrected chi connectivity index (χ4v) is 7.72. The topological polar surface area (TPSA) is 176 Å². The summed E-state index contributed by atoms with van der Waals surface area (Å²) in [5.41, 5.74) is 1.12. The van der Waals surface area contributed by atoms with Crippen LogP contribution in [0.2, 0.25) is 0 Å². The van der Waals surface area contributed by atoms with E-state index in [-0.39, 0.29) is 23.5 Å². The lowest BCUT2D eigenvalue weighted by Crippen LogP contribution is -2.69. The zero-order valence-corrected chi connectivity index (χ0v) is 25.1. The first-order chi connectivity index (χ1) is 20.4. The van der Waals surface area contributed by atoms with Crippen molar-refractivity contribution in [1.82, 2.24) is 9.97 Å². The van der Waals surface area contributed by atoms with Gasteiger partial charge in [-0.25, -0.2) is 18.4 Å². The van der Waals surface area contributed by atoms with Gasteiger partial charge < -0.3 is 39.2 Å². The summed E-state index contributed by atoms with van der Waals surface area (Å²) >= 11 is 1.59. The van der Waals surface area contributed by atoms with Crippen LogP contribution in [0.5, 0.6) is 17.2 Å². The Hall–Kier alpha value is -3.69. The molecule has 4 heterocycles. The molecule has 14 heteroatoms. The van der Waals surface area contributed by atoms with Crippen LogP contribution in [0, 0.1) is 6.92 Å². The van der Waals surface area contributed by atoms with Crippen molar-refractivity contribution < 1.29 is 42.7 Å².